The first-order valence-corrected chi connectivity index (χ1v) is 5.03. The number of ether oxygens (including phenoxy) is 1. The third-order valence-corrected chi connectivity index (χ3v) is 2.82. The second kappa shape index (κ2) is 4.09. The first-order valence-electron chi connectivity index (χ1n) is 5.03. The summed E-state index contributed by atoms with van der Waals surface area (Å²) in [6.07, 6.45) is -1.42. The van der Waals surface area contributed by atoms with E-state index >= 15 is 0 Å². The van der Waals surface area contributed by atoms with Crippen LogP contribution in [0.1, 0.15) is 46.0 Å². The van der Waals surface area contributed by atoms with E-state index in [1.807, 2.05) is 0 Å². The molecule has 0 bridgehead atoms. The summed E-state index contributed by atoms with van der Waals surface area (Å²) < 4.78 is 39.9. The molecule has 1 rings (SSSR count). The second-order valence-corrected chi connectivity index (χ2v) is 4.78. The molecule has 1 fully saturated rings. The van der Waals surface area contributed by atoms with Crippen LogP contribution in [-0.4, -0.2) is 12.5 Å². The van der Waals surface area contributed by atoms with Gasteiger partial charge < -0.3 is 0 Å². The highest BCUT2D eigenvalue weighted by Crippen LogP contribution is 2.36. The van der Waals surface area contributed by atoms with Gasteiger partial charge in [-0.1, -0.05) is 20.3 Å². The summed E-state index contributed by atoms with van der Waals surface area (Å²) in [7, 11) is 0. The topological polar surface area (TPSA) is 9.23 Å². The van der Waals surface area contributed by atoms with Gasteiger partial charge in [-0.15, -0.1) is 13.2 Å². The molecule has 0 amide bonds. The highest BCUT2D eigenvalue weighted by molar-refractivity contribution is 4.76. The van der Waals surface area contributed by atoms with Crippen LogP contribution in [0.25, 0.3) is 0 Å². The molecule has 0 aromatic rings. The Hall–Kier alpha value is -0.250. The minimum Gasteiger partial charge on any atom is -0.289 e. The van der Waals surface area contributed by atoms with Crippen LogP contribution < -0.4 is 0 Å². The highest BCUT2D eigenvalue weighted by atomic mass is 19.4. The molecule has 1 atom stereocenters. The van der Waals surface area contributed by atoms with Crippen molar-refractivity contribution >= 4 is 0 Å². The van der Waals surface area contributed by atoms with Crippen LogP contribution in [0.3, 0.4) is 0 Å². The number of hydrogen-bond donors (Lipinski definition) is 0. The Morgan fingerprint density at radius 2 is 1.79 bits per heavy atom. The zero-order chi connectivity index (χ0) is 10.8. The molecule has 0 spiro atoms. The predicted molar refractivity (Wildman–Crippen MR) is 47.8 cm³/mol. The number of alkyl halides is 3. The monoisotopic (exact) mass is 210 g/mol. The summed E-state index contributed by atoms with van der Waals surface area (Å²) in [6.45, 7) is 4.20. The van der Waals surface area contributed by atoms with Crippen molar-refractivity contribution in [1.82, 2.24) is 0 Å². The number of rotatable bonds is 1. The van der Waals surface area contributed by atoms with Crippen LogP contribution in [0.15, 0.2) is 0 Å². The third-order valence-electron chi connectivity index (χ3n) is 2.82. The van der Waals surface area contributed by atoms with Crippen molar-refractivity contribution in [3.05, 3.63) is 0 Å². The maximum absolute atomic E-state index is 11.9. The van der Waals surface area contributed by atoms with Crippen molar-refractivity contribution in [2.75, 3.05) is 0 Å². The Bertz CT molecular complexity index is 186. The van der Waals surface area contributed by atoms with E-state index in [2.05, 4.69) is 18.6 Å². The van der Waals surface area contributed by atoms with Gasteiger partial charge in [0.05, 0.1) is 6.10 Å². The van der Waals surface area contributed by atoms with Crippen LogP contribution in [-0.2, 0) is 4.74 Å². The Balaban J connectivity index is 2.43. The fourth-order valence-electron chi connectivity index (χ4n) is 1.94. The van der Waals surface area contributed by atoms with Gasteiger partial charge in [0, 0.05) is 0 Å². The van der Waals surface area contributed by atoms with Crippen molar-refractivity contribution in [3.63, 3.8) is 0 Å². The molecule has 1 aliphatic rings. The maximum atomic E-state index is 11.9. The molecule has 1 nitrogen and oxygen atoms in total. The Morgan fingerprint density at radius 3 is 2.36 bits per heavy atom. The van der Waals surface area contributed by atoms with Gasteiger partial charge in [-0.2, -0.15) is 0 Å². The van der Waals surface area contributed by atoms with Crippen molar-refractivity contribution < 1.29 is 17.9 Å². The van der Waals surface area contributed by atoms with E-state index in [1.165, 1.54) is 0 Å². The van der Waals surface area contributed by atoms with Gasteiger partial charge in [0.2, 0.25) is 0 Å². The van der Waals surface area contributed by atoms with Gasteiger partial charge in [-0.25, -0.2) is 0 Å². The molecular formula is C10H17F3O. The smallest absolute Gasteiger partial charge is 0.289 e. The van der Waals surface area contributed by atoms with Crippen LogP contribution in [0.4, 0.5) is 13.2 Å². The molecule has 0 aliphatic heterocycles. The minimum atomic E-state index is -4.47. The lowest BCUT2D eigenvalue weighted by atomic mass is 9.85. The van der Waals surface area contributed by atoms with E-state index in [0.717, 1.165) is 19.3 Å². The molecule has 1 unspecified atom stereocenters. The van der Waals surface area contributed by atoms with E-state index in [1.54, 1.807) is 0 Å². The summed E-state index contributed by atoms with van der Waals surface area (Å²) in [6, 6.07) is 0. The summed E-state index contributed by atoms with van der Waals surface area (Å²) in [5.41, 5.74) is 0.170. The van der Waals surface area contributed by atoms with E-state index in [-0.39, 0.29) is 5.41 Å². The molecule has 1 aliphatic carbocycles. The lowest BCUT2D eigenvalue weighted by Crippen LogP contribution is -2.23. The van der Waals surface area contributed by atoms with Crippen LogP contribution >= 0.6 is 0 Å². The van der Waals surface area contributed by atoms with Crippen molar-refractivity contribution in [2.45, 2.75) is 58.4 Å². The van der Waals surface area contributed by atoms with E-state index < -0.39 is 12.5 Å². The molecule has 0 radical (unpaired) electrons. The van der Waals surface area contributed by atoms with E-state index in [4.69, 9.17) is 0 Å². The predicted octanol–water partition coefficient (Wildman–Crippen LogP) is 3.88. The first-order chi connectivity index (χ1) is 6.29. The van der Waals surface area contributed by atoms with Gasteiger partial charge >= 0.3 is 6.36 Å². The van der Waals surface area contributed by atoms with Crippen LogP contribution in [0.2, 0.25) is 0 Å². The first kappa shape index (κ1) is 11.8. The third kappa shape index (κ3) is 4.31. The summed E-state index contributed by atoms with van der Waals surface area (Å²) in [4.78, 5) is 0. The van der Waals surface area contributed by atoms with E-state index in [9.17, 15) is 13.2 Å². The number of halogens is 3. The SMILES string of the molecule is CC1(C)CCCC(OC(F)(F)F)CC1. The molecule has 1 saturated carbocycles. The average molecular weight is 210 g/mol. The van der Waals surface area contributed by atoms with Crippen molar-refractivity contribution in [2.24, 2.45) is 5.41 Å². The van der Waals surface area contributed by atoms with Crippen molar-refractivity contribution in [3.8, 4) is 0 Å². The standard InChI is InChI=1S/C10H17F3O/c1-9(2)6-3-4-8(5-7-9)14-10(11,12)13/h8H,3-7H2,1-2H3. The Morgan fingerprint density at radius 1 is 1.14 bits per heavy atom. The molecule has 0 heterocycles. The van der Waals surface area contributed by atoms with Crippen LogP contribution in [0.5, 0.6) is 0 Å². The zero-order valence-corrected chi connectivity index (χ0v) is 8.66. The Labute approximate surface area is 82.6 Å². The van der Waals surface area contributed by atoms with Gasteiger partial charge in [-0.05, 0) is 31.1 Å². The second-order valence-electron chi connectivity index (χ2n) is 4.78. The zero-order valence-electron chi connectivity index (χ0n) is 8.66. The molecule has 4 heteroatoms. The van der Waals surface area contributed by atoms with Crippen LogP contribution in [0, 0.1) is 5.41 Å². The normalized spacial score (nSPS) is 28.5. The maximum Gasteiger partial charge on any atom is 0.522 e. The molecule has 0 aromatic carbocycles. The van der Waals surface area contributed by atoms with Gasteiger partial charge in [0.15, 0.2) is 0 Å². The quantitative estimate of drug-likeness (QED) is 0.597. The summed E-state index contributed by atoms with van der Waals surface area (Å²) >= 11 is 0. The molecule has 0 aromatic heterocycles. The van der Waals surface area contributed by atoms with Gasteiger partial charge in [0.25, 0.3) is 0 Å². The van der Waals surface area contributed by atoms with E-state index in [0.29, 0.717) is 12.8 Å². The molecule has 0 saturated heterocycles. The lowest BCUT2D eigenvalue weighted by Gasteiger charge is -2.22. The Kier molecular flexibility index (Phi) is 3.45. The van der Waals surface area contributed by atoms with Gasteiger partial charge in [0.1, 0.15) is 0 Å². The molecule has 0 N–H and O–H groups in total. The fourth-order valence-corrected chi connectivity index (χ4v) is 1.94. The number of hydrogen-bond acceptors (Lipinski definition) is 1. The molecule has 84 valence electrons. The summed E-state index contributed by atoms with van der Waals surface area (Å²) in [5, 5.41) is 0. The minimum absolute atomic E-state index is 0.170. The fraction of sp³-hybridized carbons (Fsp3) is 1.00. The van der Waals surface area contributed by atoms with Gasteiger partial charge in [-0.3, -0.25) is 4.74 Å². The highest BCUT2D eigenvalue weighted by Gasteiger charge is 2.35. The van der Waals surface area contributed by atoms with Crippen molar-refractivity contribution in [1.29, 1.82) is 0 Å². The average Bonchev–Trinajstić information content (AvgIpc) is 2.10. The largest absolute Gasteiger partial charge is 0.522 e. The molecule has 14 heavy (non-hydrogen) atoms. The summed E-state index contributed by atoms with van der Waals surface area (Å²) in [5.74, 6) is 0. The lowest BCUT2D eigenvalue weighted by molar-refractivity contribution is -0.343. The molecular weight excluding hydrogens is 193 g/mol.